The number of hydrogen-bond acceptors (Lipinski definition) is 6. The molecule has 1 fully saturated rings. The minimum atomic E-state index is -4.77. The summed E-state index contributed by atoms with van der Waals surface area (Å²) < 4.78 is 50.3. The van der Waals surface area contributed by atoms with Crippen LogP contribution in [0.25, 0.3) is 0 Å². The molecule has 0 bridgehead atoms. The molecule has 24 heavy (non-hydrogen) atoms. The van der Waals surface area contributed by atoms with E-state index in [1.165, 1.54) is 23.4 Å². The summed E-state index contributed by atoms with van der Waals surface area (Å²) in [6, 6.07) is 4.75. The van der Waals surface area contributed by atoms with Gasteiger partial charge in [0.15, 0.2) is 0 Å². The van der Waals surface area contributed by atoms with E-state index in [9.17, 15) is 18.0 Å². The summed E-state index contributed by atoms with van der Waals surface area (Å²) in [5, 5.41) is 3.68. The van der Waals surface area contributed by atoms with Crippen LogP contribution < -0.4 is 4.74 Å². The van der Waals surface area contributed by atoms with Crippen molar-refractivity contribution < 1.29 is 32.0 Å². The zero-order valence-corrected chi connectivity index (χ0v) is 12.2. The predicted octanol–water partition coefficient (Wildman–Crippen LogP) is 2.18. The highest BCUT2D eigenvalue weighted by Crippen LogP contribution is 2.24. The smallest absolute Gasteiger partial charge is 0.406 e. The number of carbonyl (C=O) groups is 1. The van der Waals surface area contributed by atoms with Gasteiger partial charge in [-0.25, -0.2) is 0 Å². The van der Waals surface area contributed by atoms with Gasteiger partial charge in [-0.05, 0) is 24.3 Å². The Morgan fingerprint density at radius 1 is 1.29 bits per heavy atom. The molecule has 3 rings (SSSR count). The normalized spacial score (nSPS) is 18.5. The van der Waals surface area contributed by atoms with Gasteiger partial charge in [-0.1, -0.05) is 5.16 Å². The predicted molar refractivity (Wildman–Crippen MR) is 72.0 cm³/mol. The fourth-order valence-corrected chi connectivity index (χ4v) is 2.29. The van der Waals surface area contributed by atoms with Crippen LogP contribution >= 0.6 is 0 Å². The molecule has 0 aliphatic carbocycles. The molecule has 1 aliphatic heterocycles. The first-order valence-electron chi connectivity index (χ1n) is 6.95. The molecule has 1 amide bonds. The van der Waals surface area contributed by atoms with Gasteiger partial charge in [0.2, 0.25) is 12.2 Å². The highest BCUT2D eigenvalue weighted by Gasteiger charge is 2.31. The van der Waals surface area contributed by atoms with E-state index in [2.05, 4.69) is 19.4 Å². The number of amides is 1. The summed E-state index contributed by atoms with van der Waals surface area (Å²) in [5.41, 5.74) is 0.248. The Labute approximate surface area is 134 Å². The van der Waals surface area contributed by atoms with E-state index in [1.807, 2.05) is 0 Å². The Balaban J connectivity index is 1.67. The number of aromatic nitrogens is 2. The molecule has 1 aliphatic rings. The van der Waals surface area contributed by atoms with E-state index in [1.54, 1.807) is 0 Å². The minimum absolute atomic E-state index is 0.221. The van der Waals surface area contributed by atoms with E-state index in [0.29, 0.717) is 19.0 Å². The molecular formula is C14H12F3N3O4. The average Bonchev–Trinajstić information content (AvgIpc) is 3.08. The number of alkyl halides is 3. The second-order valence-electron chi connectivity index (χ2n) is 4.97. The number of halogens is 3. The summed E-state index contributed by atoms with van der Waals surface area (Å²) in [6.07, 6.45) is -4.11. The number of hydrogen-bond donors (Lipinski definition) is 0. The lowest BCUT2D eigenvalue weighted by Crippen LogP contribution is -2.42. The Morgan fingerprint density at radius 3 is 2.67 bits per heavy atom. The standard InChI is InChI=1S/C14H12F3N3O4/c15-14(16,17)24-10-3-1-9(2-4-10)13(21)20-5-6-22-11(7-20)12-18-8-23-19-12/h1-4,8,11H,5-7H2/t11-/m1/s1. The Bertz CT molecular complexity index is 688. The molecular weight excluding hydrogens is 331 g/mol. The van der Waals surface area contributed by atoms with E-state index in [-0.39, 0.29) is 23.8 Å². The Morgan fingerprint density at radius 2 is 2.04 bits per heavy atom. The lowest BCUT2D eigenvalue weighted by molar-refractivity contribution is -0.274. The second-order valence-corrected chi connectivity index (χ2v) is 4.97. The number of rotatable bonds is 3. The topological polar surface area (TPSA) is 77.7 Å². The van der Waals surface area contributed by atoms with Gasteiger partial charge in [-0.3, -0.25) is 4.79 Å². The molecule has 1 aromatic heterocycles. The maximum absolute atomic E-state index is 12.5. The number of nitrogens with zero attached hydrogens (tertiary/aromatic N) is 3. The molecule has 0 N–H and O–H groups in total. The van der Waals surface area contributed by atoms with Crippen molar-refractivity contribution >= 4 is 5.91 Å². The second kappa shape index (κ2) is 6.48. The monoisotopic (exact) mass is 343 g/mol. The van der Waals surface area contributed by atoms with E-state index in [0.717, 1.165) is 12.1 Å². The molecule has 128 valence electrons. The van der Waals surface area contributed by atoms with Crippen LogP contribution in [0.1, 0.15) is 22.3 Å². The number of ether oxygens (including phenoxy) is 2. The summed E-state index contributed by atoms with van der Waals surface area (Å²) in [4.78, 5) is 17.9. The molecule has 0 saturated carbocycles. The third kappa shape index (κ3) is 3.82. The first-order valence-corrected chi connectivity index (χ1v) is 6.95. The number of carbonyl (C=O) groups excluding carboxylic acids is 1. The van der Waals surface area contributed by atoms with Crippen molar-refractivity contribution in [1.82, 2.24) is 15.0 Å². The zero-order valence-electron chi connectivity index (χ0n) is 12.2. The van der Waals surface area contributed by atoms with Crippen molar-refractivity contribution in [2.75, 3.05) is 19.7 Å². The van der Waals surface area contributed by atoms with Crippen molar-refractivity contribution in [2.24, 2.45) is 0 Å². The molecule has 1 saturated heterocycles. The SMILES string of the molecule is O=C(c1ccc(OC(F)(F)F)cc1)N1CCO[C@@H](c2ncon2)C1. The third-order valence-electron chi connectivity index (χ3n) is 3.35. The van der Waals surface area contributed by atoms with Gasteiger partial charge >= 0.3 is 6.36 Å². The highest BCUT2D eigenvalue weighted by molar-refractivity contribution is 5.94. The number of benzene rings is 1. The van der Waals surface area contributed by atoms with Crippen molar-refractivity contribution in [2.45, 2.75) is 12.5 Å². The van der Waals surface area contributed by atoms with Crippen LogP contribution in [0, 0.1) is 0 Å². The molecule has 0 spiro atoms. The summed E-state index contributed by atoms with van der Waals surface area (Å²) in [5.74, 6) is -0.377. The maximum atomic E-state index is 12.5. The quantitative estimate of drug-likeness (QED) is 0.850. The summed E-state index contributed by atoms with van der Waals surface area (Å²) in [6.45, 7) is 0.868. The van der Waals surface area contributed by atoms with Crippen LogP contribution in [0.3, 0.4) is 0 Å². The fraction of sp³-hybridized carbons (Fsp3) is 0.357. The van der Waals surface area contributed by atoms with Gasteiger partial charge < -0.3 is 18.9 Å². The van der Waals surface area contributed by atoms with Crippen molar-refractivity contribution in [3.63, 3.8) is 0 Å². The van der Waals surface area contributed by atoms with Crippen LogP contribution in [0.2, 0.25) is 0 Å². The average molecular weight is 343 g/mol. The molecule has 1 atom stereocenters. The van der Waals surface area contributed by atoms with E-state index >= 15 is 0 Å². The van der Waals surface area contributed by atoms with Gasteiger partial charge in [0.25, 0.3) is 5.91 Å². The molecule has 0 radical (unpaired) electrons. The molecule has 10 heteroatoms. The molecule has 1 aromatic carbocycles. The van der Waals surface area contributed by atoms with Crippen LogP contribution in [0.15, 0.2) is 35.2 Å². The highest BCUT2D eigenvalue weighted by atomic mass is 19.4. The summed E-state index contributed by atoms with van der Waals surface area (Å²) >= 11 is 0. The summed E-state index contributed by atoms with van der Waals surface area (Å²) in [7, 11) is 0. The molecule has 2 aromatic rings. The molecule has 0 unspecified atom stereocenters. The molecule has 2 heterocycles. The van der Waals surface area contributed by atoms with Crippen LogP contribution in [0.5, 0.6) is 5.75 Å². The van der Waals surface area contributed by atoms with Gasteiger partial charge in [0.1, 0.15) is 11.9 Å². The van der Waals surface area contributed by atoms with Gasteiger partial charge in [-0.2, -0.15) is 4.98 Å². The largest absolute Gasteiger partial charge is 0.573 e. The van der Waals surface area contributed by atoms with Crippen LogP contribution in [-0.2, 0) is 4.74 Å². The Hall–Kier alpha value is -2.62. The van der Waals surface area contributed by atoms with Gasteiger partial charge in [0, 0.05) is 12.1 Å². The van der Waals surface area contributed by atoms with Gasteiger partial charge in [0.05, 0.1) is 13.2 Å². The first-order chi connectivity index (χ1) is 11.4. The third-order valence-corrected chi connectivity index (χ3v) is 3.35. The lowest BCUT2D eigenvalue weighted by atomic mass is 10.1. The van der Waals surface area contributed by atoms with E-state index < -0.39 is 12.5 Å². The zero-order chi connectivity index (χ0) is 17.2. The fourth-order valence-electron chi connectivity index (χ4n) is 2.29. The Kier molecular flexibility index (Phi) is 4.38. The maximum Gasteiger partial charge on any atom is 0.573 e. The lowest BCUT2D eigenvalue weighted by Gasteiger charge is -2.31. The van der Waals surface area contributed by atoms with Crippen LogP contribution in [-0.4, -0.2) is 47.0 Å². The van der Waals surface area contributed by atoms with E-state index in [4.69, 9.17) is 4.74 Å². The van der Waals surface area contributed by atoms with Crippen molar-refractivity contribution in [3.05, 3.63) is 42.0 Å². The minimum Gasteiger partial charge on any atom is -0.406 e. The van der Waals surface area contributed by atoms with Crippen LogP contribution in [0.4, 0.5) is 13.2 Å². The number of morpholine rings is 1. The first kappa shape index (κ1) is 16.2. The van der Waals surface area contributed by atoms with Crippen molar-refractivity contribution in [3.8, 4) is 5.75 Å². The molecule has 7 nitrogen and oxygen atoms in total. The van der Waals surface area contributed by atoms with Crippen molar-refractivity contribution in [1.29, 1.82) is 0 Å². The van der Waals surface area contributed by atoms with Gasteiger partial charge in [-0.15, -0.1) is 13.2 Å².